The molecule has 0 saturated carbocycles. The summed E-state index contributed by atoms with van der Waals surface area (Å²) >= 11 is 0.832. The molecule has 1 saturated heterocycles. The van der Waals surface area contributed by atoms with Gasteiger partial charge in [0.05, 0.1) is 23.6 Å². The molecule has 0 radical (unpaired) electrons. The topological polar surface area (TPSA) is 65.8 Å². The van der Waals surface area contributed by atoms with Crippen LogP contribution in [-0.2, 0) is 0 Å². The zero-order valence-electron chi connectivity index (χ0n) is 21.2. The van der Waals surface area contributed by atoms with Crippen molar-refractivity contribution in [3.8, 4) is 5.75 Å². The number of benzene rings is 2. The van der Waals surface area contributed by atoms with E-state index in [-0.39, 0.29) is 18.4 Å². The van der Waals surface area contributed by atoms with E-state index in [0.29, 0.717) is 43.5 Å². The number of rotatable bonds is 11. The number of nitrogens with zero attached hydrogens (tertiary/aromatic N) is 2. The molecule has 0 aliphatic carbocycles. The minimum Gasteiger partial charge on any atom is -0.497 e. The number of fused-ring (bicyclic) bond motifs is 1. The summed E-state index contributed by atoms with van der Waals surface area (Å²) in [5.74, 6) is -4.44. The van der Waals surface area contributed by atoms with E-state index in [1.807, 2.05) is 24.3 Å². The normalized spacial score (nSPS) is 19.1. The fourth-order valence-electron chi connectivity index (χ4n) is 5.18. The number of aliphatic hydroxyl groups is 2. The molecule has 0 spiro atoms. The van der Waals surface area contributed by atoms with Gasteiger partial charge in [0.25, 0.3) is 0 Å². The second-order valence-corrected chi connectivity index (χ2v) is 10.8. The predicted molar refractivity (Wildman–Crippen MR) is 139 cm³/mol. The van der Waals surface area contributed by atoms with Crippen molar-refractivity contribution in [3.63, 3.8) is 0 Å². The second kappa shape index (κ2) is 13.1. The fraction of sp³-hybridized carbons (Fsp3) is 0.464. The highest BCUT2D eigenvalue weighted by Crippen LogP contribution is 2.34. The third-order valence-corrected chi connectivity index (χ3v) is 8.46. The van der Waals surface area contributed by atoms with Gasteiger partial charge in [-0.1, -0.05) is 0 Å². The Labute approximate surface area is 223 Å². The number of ether oxygens (including phenoxy) is 1. The van der Waals surface area contributed by atoms with Crippen molar-refractivity contribution in [2.45, 2.75) is 36.7 Å². The quantitative estimate of drug-likeness (QED) is 0.104. The Hall–Kier alpha value is -2.40. The van der Waals surface area contributed by atoms with E-state index in [0.717, 1.165) is 47.6 Å². The number of methoxy groups -OCH3 is 1. The molecule has 1 aromatic heterocycles. The lowest BCUT2D eigenvalue weighted by Gasteiger charge is -2.38. The van der Waals surface area contributed by atoms with Crippen LogP contribution in [0.5, 0.6) is 5.75 Å². The highest BCUT2D eigenvalue weighted by molar-refractivity contribution is 7.99. The van der Waals surface area contributed by atoms with Gasteiger partial charge in [-0.05, 0) is 86.2 Å². The van der Waals surface area contributed by atoms with Gasteiger partial charge in [0.15, 0.2) is 17.5 Å². The Bertz CT molecular complexity index is 1250. The molecular weight excluding hydrogens is 520 g/mol. The van der Waals surface area contributed by atoms with Crippen molar-refractivity contribution in [1.29, 1.82) is 0 Å². The first-order valence-electron chi connectivity index (χ1n) is 12.7. The Kier molecular flexibility index (Phi) is 9.86. The number of hydrogen-bond acceptors (Lipinski definition) is 6. The Morgan fingerprint density at radius 3 is 2.68 bits per heavy atom. The monoisotopic (exact) mass is 552 g/mol. The van der Waals surface area contributed by atoms with Crippen molar-refractivity contribution < 1.29 is 32.5 Å². The van der Waals surface area contributed by atoms with Crippen LogP contribution in [-0.4, -0.2) is 59.2 Å². The van der Waals surface area contributed by atoms with Crippen LogP contribution in [0.2, 0.25) is 0 Å². The van der Waals surface area contributed by atoms with Crippen molar-refractivity contribution >= 4 is 22.7 Å². The van der Waals surface area contributed by atoms with Crippen molar-refractivity contribution in [2.24, 2.45) is 11.8 Å². The fourth-order valence-corrected chi connectivity index (χ4v) is 6.07. The summed E-state index contributed by atoms with van der Waals surface area (Å²) in [6.07, 6.45) is 3.80. The maximum absolute atomic E-state index is 13.9. The summed E-state index contributed by atoms with van der Waals surface area (Å²) in [5, 5.41) is 21.9. The SMILES string of the molecule is COc1ccc2nccc([C@@H](O)CC[C@@H]3CCN(CCCSc4c(F)cc(F)c(F)c4F)C[C@@H]3CO)c2c1. The Morgan fingerprint density at radius 2 is 1.92 bits per heavy atom. The van der Waals surface area contributed by atoms with Crippen LogP contribution in [0.1, 0.15) is 37.4 Å². The van der Waals surface area contributed by atoms with Crippen LogP contribution >= 0.6 is 11.8 Å². The van der Waals surface area contributed by atoms with Gasteiger partial charge in [-0.2, -0.15) is 0 Å². The van der Waals surface area contributed by atoms with E-state index in [9.17, 15) is 27.8 Å². The number of halogens is 4. The first kappa shape index (κ1) is 28.6. The smallest absolute Gasteiger partial charge is 0.195 e. The highest BCUT2D eigenvalue weighted by Gasteiger charge is 2.29. The van der Waals surface area contributed by atoms with Crippen LogP contribution in [0.3, 0.4) is 0 Å². The molecular formula is C28H32F4N2O3S. The minimum atomic E-state index is -1.66. The van der Waals surface area contributed by atoms with Crippen molar-refractivity contribution in [2.75, 3.05) is 39.1 Å². The van der Waals surface area contributed by atoms with Gasteiger partial charge in [-0.15, -0.1) is 11.8 Å². The average Bonchev–Trinajstić information content (AvgIpc) is 2.93. The van der Waals surface area contributed by atoms with E-state index in [4.69, 9.17) is 4.74 Å². The summed E-state index contributed by atoms with van der Waals surface area (Å²) in [7, 11) is 1.60. The molecule has 5 nitrogen and oxygen atoms in total. The number of aliphatic hydroxyl groups excluding tert-OH is 2. The second-order valence-electron chi connectivity index (χ2n) is 9.67. The number of hydrogen-bond donors (Lipinski definition) is 2. The van der Waals surface area contributed by atoms with Gasteiger partial charge in [-0.3, -0.25) is 4.98 Å². The van der Waals surface area contributed by atoms with E-state index in [1.54, 1.807) is 13.3 Å². The molecule has 0 bridgehead atoms. The van der Waals surface area contributed by atoms with Gasteiger partial charge < -0.3 is 19.8 Å². The Balaban J connectivity index is 1.27. The molecule has 4 rings (SSSR count). The minimum absolute atomic E-state index is 0.0344. The average molecular weight is 553 g/mol. The predicted octanol–water partition coefficient (Wildman–Crippen LogP) is 5.73. The highest BCUT2D eigenvalue weighted by atomic mass is 32.2. The van der Waals surface area contributed by atoms with Crippen LogP contribution in [0.25, 0.3) is 10.9 Å². The van der Waals surface area contributed by atoms with Crippen molar-refractivity contribution in [3.05, 3.63) is 65.4 Å². The molecule has 1 aliphatic heterocycles. The lowest BCUT2D eigenvalue weighted by Crippen LogP contribution is -2.42. The van der Waals surface area contributed by atoms with Gasteiger partial charge in [0, 0.05) is 30.8 Å². The molecule has 38 heavy (non-hydrogen) atoms. The standard InChI is InChI=1S/C28H32F4N2O3S/c1-37-19-4-5-24-21(13-19)20(7-9-33-24)25(36)6-3-17-8-11-34(15-18(17)16-35)10-2-12-38-28-23(30)14-22(29)26(31)27(28)32/h4-5,7,9,13-14,17-18,25,35-36H,2-3,6,8,10-12,15-16H2,1H3/t17-,18-,25+/m1/s1. The van der Waals surface area contributed by atoms with Crippen LogP contribution in [0.4, 0.5) is 17.6 Å². The summed E-state index contributed by atoms with van der Waals surface area (Å²) in [6.45, 7) is 2.19. The van der Waals surface area contributed by atoms with Crippen LogP contribution in [0.15, 0.2) is 41.4 Å². The number of pyridine rings is 1. The van der Waals surface area contributed by atoms with E-state index < -0.39 is 34.3 Å². The number of aromatic nitrogens is 1. The number of thioether (sulfide) groups is 1. The molecule has 3 aromatic rings. The third-order valence-electron chi connectivity index (χ3n) is 7.30. The molecule has 10 heteroatoms. The van der Waals surface area contributed by atoms with Gasteiger partial charge in [-0.25, -0.2) is 17.6 Å². The summed E-state index contributed by atoms with van der Waals surface area (Å²) < 4.78 is 59.5. The Morgan fingerprint density at radius 1 is 1.11 bits per heavy atom. The third kappa shape index (κ3) is 6.59. The zero-order chi connectivity index (χ0) is 27.2. The van der Waals surface area contributed by atoms with E-state index in [1.165, 1.54) is 0 Å². The van der Waals surface area contributed by atoms with Gasteiger partial charge in [0.2, 0.25) is 0 Å². The first-order valence-corrected chi connectivity index (χ1v) is 13.7. The van der Waals surface area contributed by atoms with Crippen LogP contribution in [0, 0.1) is 35.1 Å². The molecule has 0 unspecified atom stereocenters. The van der Waals surface area contributed by atoms with Crippen LogP contribution < -0.4 is 4.74 Å². The van der Waals surface area contributed by atoms with Gasteiger partial charge >= 0.3 is 0 Å². The summed E-state index contributed by atoms with van der Waals surface area (Å²) in [6, 6.07) is 7.77. The first-order chi connectivity index (χ1) is 18.3. The summed E-state index contributed by atoms with van der Waals surface area (Å²) in [5.41, 5.74) is 1.59. The molecule has 206 valence electrons. The largest absolute Gasteiger partial charge is 0.497 e. The molecule has 2 aromatic carbocycles. The molecule has 0 amide bonds. The maximum atomic E-state index is 13.9. The molecule has 1 fully saturated rings. The van der Waals surface area contributed by atoms with E-state index >= 15 is 0 Å². The van der Waals surface area contributed by atoms with E-state index in [2.05, 4.69) is 9.88 Å². The summed E-state index contributed by atoms with van der Waals surface area (Å²) in [4.78, 5) is 6.07. The number of piperidine rings is 1. The maximum Gasteiger partial charge on any atom is 0.195 e. The molecule has 2 N–H and O–H groups in total. The lowest BCUT2D eigenvalue weighted by molar-refractivity contribution is 0.0581. The lowest BCUT2D eigenvalue weighted by atomic mass is 9.81. The molecule has 3 atom stereocenters. The van der Waals surface area contributed by atoms with Crippen molar-refractivity contribution in [1.82, 2.24) is 9.88 Å². The molecule has 1 aliphatic rings. The zero-order valence-corrected chi connectivity index (χ0v) is 22.0. The van der Waals surface area contributed by atoms with Gasteiger partial charge in [0.1, 0.15) is 11.6 Å². The molecule has 2 heterocycles. The number of likely N-dealkylation sites (tertiary alicyclic amines) is 1.